The fraction of sp³-hybridized carbons (Fsp3) is 0.500. The summed E-state index contributed by atoms with van der Waals surface area (Å²) in [5.74, 6) is 0.173. The van der Waals surface area contributed by atoms with Crippen molar-refractivity contribution in [3.8, 4) is 5.75 Å². The van der Waals surface area contributed by atoms with E-state index in [0.29, 0.717) is 17.9 Å². The lowest BCUT2D eigenvalue weighted by Gasteiger charge is -2.39. The zero-order valence-corrected chi connectivity index (χ0v) is 11.0. The number of methoxy groups -OCH3 is 1. The molecule has 19 heavy (non-hydrogen) atoms. The van der Waals surface area contributed by atoms with Crippen LogP contribution in [-0.4, -0.2) is 19.6 Å². The zero-order chi connectivity index (χ0) is 13.9. The Morgan fingerprint density at radius 1 is 1.53 bits per heavy atom. The Morgan fingerprint density at radius 2 is 2.26 bits per heavy atom. The summed E-state index contributed by atoms with van der Waals surface area (Å²) in [4.78, 5) is 12.1. The van der Waals surface area contributed by atoms with Crippen LogP contribution in [0.1, 0.15) is 24.8 Å². The molecule has 5 heteroatoms. The third-order valence-electron chi connectivity index (χ3n) is 3.86. The van der Waals surface area contributed by atoms with Crippen LogP contribution in [0.4, 0.5) is 4.39 Å². The van der Waals surface area contributed by atoms with Crippen LogP contribution in [0.15, 0.2) is 18.2 Å². The highest BCUT2D eigenvalue weighted by molar-refractivity contribution is 5.83. The maximum Gasteiger partial charge on any atom is 0.227 e. The van der Waals surface area contributed by atoms with Gasteiger partial charge in [-0.2, -0.15) is 0 Å². The van der Waals surface area contributed by atoms with E-state index in [4.69, 9.17) is 10.5 Å². The van der Waals surface area contributed by atoms with Gasteiger partial charge in [0.05, 0.1) is 12.5 Å². The Balaban J connectivity index is 2.02. The van der Waals surface area contributed by atoms with Crippen molar-refractivity contribution in [2.75, 3.05) is 13.7 Å². The van der Waals surface area contributed by atoms with E-state index in [2.05, 4.69) is 5.32 Å². The van der Waals surface area contributed by atoms with Gasteiger partial charge in [-0.1, -0.05) is 6.42 Å². The largest absolute Gasteiger partial charge is 0.496 e. The minimum absolute atomic E-state index is 0.0486. The van der Waals surface area contributed by atoms with Gasteiger partial charge < -0.3 is 15.8 Å². The second-order valence-electron chi connectivity index (χ2n) is 4.98. The number of hydrogen-bond acceptors (Lipinski definition) is 3. The number of amides is 1. The standard InChI is InChI=1S/C14H19FN2O2/c1-19-12-4-3-11(15)7-10(12)8-17-13(18)14(9-16)5-2-6-14/h3-4,7H,2,5-6,8-9,16H2,1H3,(H,17,18). The lowest BCUT2D eigenvalue weighted by Crippen LogP contribution is -2.50. The minimum atomic E-state index is -0.416. The van der Waals surface area contributed by atoms with E-state index in [0.717, 1.165) is 19.3 Å². The van der Waals surface area contributed by atoms with E-state index in [1.54, 1.807) is 6.07 Å². The maximum atomic E-state index is 13.2. The molecule has 1 fully saturated rings. The minimum Gasteiger partial charge on any atom is -0.496 e. The van der Waals surface area contributed by atoms with Gasteiger partial charge in [0.2, 0.25) is 5.91 Å². The van der Waals surface area contributed by atoms with Crippen LogP contribution < -0.4 is 15.8 Å². The monoisotopic (exact) mass is 266 g/mol. The number of ether oxygens (including phenoxy) is 1. The van der Waals surface area contributed by atoms with Gasteiger partial charge in [-0.15, -0.1) is 0 Å². The predicted molar refractivity (Wildman–Crippen MR) is 70.1 cm³/mol. The molecule has 0 spiro atoms. The fourth-order valence-electron chi connectivity index (χ4n) is 2.38. The fourth-order valence-corrected chi connectivity index (χ4v) is 2.38. The third kappa shape index (κ3) is 2.71. The number of halogens is 1. The van der Waals surface area contributed by atoms with Crippen LogP contribution in [0.5, 0.6) is 5.75 Å². The second-order valence-corrected chi connectivity index (χ2v) is 4.98. The summed E-state index contributed by atoms with van der Waals surface area (Å²) < 4.78 is 18.3. The Labute approximate surface area is 112 Å². The summed E-state index contributed by atoms with van der Waals surface area (Å²) in [6.45, 7) is 0.612. The normalized spacial score (nSPS) is 16.6. The predicted octanol–water partition coefficient (Wildman–Crippen LogP) is 1.58. The van der Waals surface area contributed by atoms with Gasteiger partial charge in [0.1, 0.15) is 11.6 Å². The summed E-state index contributed by atoms with van der Waals surface area (Å²) in [5, 5.41) is 2.83. The molecule has 1 aromatic carbocycles. The van der Waals surface area contributed by atoms with E-state index in [1.165, 1.54) is 19.2 Å². The second kappa shape index (κ2) is 5.57. The third-order valence-corrected chi connectivity index (χ3v) is 3.86. The highest BCUT2D eigenvalue weighted by Gasteiger charge is 2.42. The van der Waals surface area contributed by atoms with Crippen molar-refractivity contribution in [1.82, 2.24) is 5.32 Å². The van der Waals surface area contributed by atoms with Crippen molar-refractivity contribution in [2.24, 2.45) is 11.1 Å². The Hall–Kier alpha value is -1.62. The summed E-state index contributed by atoms with van der Waals surface area (Å²) in [6, 6.07) is 4.26. The molecule has 0 bridgehead atoms. The van der Waals surface area contributed by atoms with Gasteiger partial charge in [0.15, 0.2) is 0 Å². The van der Waals surface area contributed by atoms with E-state index in [9.17, 15) is 9.18 Å². The SMILES string of the molecule is COc1ccc(F)cc1CNC(=O)C1(CN)CCC1. The molecule has 0 heterocycles. The molecule has 1 saturated carbocycles. The molecule has 1 amide bonds. The number of carbonyl (C=O) groups excluding carboxylic acids is 1. The number of benzene rings is 1. The summed E-state index contributed by atoms with van der Waals surface area (Å²) in [7, 11) is 1.52. The van der Waals surface area contributed by atoms with E-state index in [-0.39, 0.29) is 18.3 Å². The molecule has 0 saturated heterocycles. The molecule has 1 aromatic rings. The molecule has 4 nitrogen and oxygen atoms in total. The Bertz CT molecular complexity index is 467. The van der Waals surface area contributed by atoms with Gasteiger partial charge in [-0.3, -0.25) is 4.79 Å². The van der Waals surface area contributed by atoms with Crippen LogP contribution in [0.3, 0.4) is 0 Å². The quantitative estimate of drug-likeness (QED) is 0.850. The van der Waals surface area contributed by atoms with Crippen LogP contribution >= 0.6 is 0 Å². The number of hydrogen-bond donors (Lipinski definition) is 2. The number of carbonyl (C=O) groups is 1. The van der Waals surface area contributed by atoms with Crippen molar-refractivity contribution in [3.63, 3.8) is 0 Å². The lowest BCUT2D eigenvalue weighted by molar-refractivity contribution is -0.135. The zero-order valence-electron chi connectivity index (χ0n) is 11.0. The highest BCUT2D eigenvalue weighted by Crippen LogP contribution is 2.40. The van der Waals surface area contributed by atoms with Gasteiger partial charge in [-0.25, -0.2) is 4.39 Å². The van der Waals surface area contributed by atoms with Crippen LogP contribution in [0, 0.1) is 11.2 Å². The molecular formula is C14H19FN2O2. The number of nitrogens with one attached hydrogen (secondary N) is 1. The van der Waals surface area contributed by atoms with Crippen molar-refractivity contribution in [3.05, 3.63) is 29.6 Å². The molecule has 3 N–H and O–H groups in total. The first-order chi connectivity index (χ1) is 9.11. The first-order valence-electron chi connectivity index (χ1n) is 6.42. The van der Waals surface area contributed by atoms with Gasteiger partial charge in [0.25, 0.3) is 0 Å². The molecule has 0 atom stereocenters. The Morgan fingerprint density at radius 3 is 2.79 bits per heavy atom. The van der Waals surface area contributed by atoms with Crippen molar-refractivity contribution < 1.29 is 13.9 Å². The first-order valence-corrected chi connectivity index (χ1v) is 6.42. The van der Waals surface area contributed by atoms with Crippen LogP contribution in [0.25, 0.3) is 0 Å². The molecule has 2 rings (SSSR count). The summed E-state index contributed by atoms with van der Waals surface area (Å²) in [6.07, 6.45) is 2.69. The number of rotatable bonds is 5. The average molecular weight is 266 g/mol. The summed E-state index contributed by atoms with van der Waals surface area (Å²) in [5.41, 5.74) is 5.88. The van der Waals surface area contributed by atoms with E-state index < -0.39 is 5.41 Å². The van der Waals surface area contributed by atoms with Gasteiger partial charge >= 0.3 is 0 Å². The van der Waals surface area contributed by atoms with Gasteiger partial charge in [-0.05, 0) is 31.0 Å². The topological polar surface area (TPSA) is 64.3 Å². The van der Waals surface area contributed by atoms with E-state index >= 15 is 0 Å². The van der Waals surface area contributed by atoms with Crippen molar-refractivity contribution in [2.45, 2.75) is 25.8 Å². The Kier molecular flexibility index (Phi) is 4.04. The molecule has 0 aliphatic heterocycles. The van der Waals surface area contributed by atoms with E-state index in [1.807, 2.05) is 0 Å². The van der Waals surface area contributed by atoms with Crippen molar-refractivity contribution in [1.29, 1.82) is 0 Å². The van der Waals surface area contributed by atoms with Crippen molar-refractivity contribution >= 4 is 5.91 Å². The van der Waals surface area contributed by atoms with Gasteiger partial charge in [0, 0.05) is 18.7 Å². The van der Waals surface area contributed by atoms with Crippen LogP contribution in [0.2, 0.25) is 0 Å². The molecule has 0 aromatic heterocycles. The highest BCUT2D eigenvalue weighted by atomic mass is 19.1. The molecule has 0 unspecified atom stereocenters. The summed E-state index contributed by atoms with van der Waals surface area (Å²) >= 11 is 0. The smallest absolute Gasteiger partial charge is 0.227 e. The lowest BCUT2D eigenvalue weighted by atomic mass is 9.68. The number of nitrogens with two attached hydrogens (primary N) is 1. The first kappa shape index (κ1) is 13.8. The molecule has 104 valence electrons. The molecule has 0 radical (unpaired) electrons. The maximum absolute atomic E-state index is 13.2. The molecule has 1 aliphatic carbocycles. The molecular weight excluding hydrogens is 247 g/mol. The molecule has 1 aliphatic rings. The van der Waals surface area contributed by atoms with Crippen LogP contribution in [-0.2, 0) is 11.3 Å². The average Bonchev–Trinajstić information content (AvgIpc) is 2.36.